The topological polar surface area (TPSA) is 0 Å². The van der Waals surface area contributed by atoms with Crippen molar-refractivity contribution in [2.45, 2.75) is 4.83 Å². The first-order chi connectivity index (χ1) is 9.66. The summed E-state index contributed by atoms with van der Waals surface area (Å²) in [5, 5.41) is 2.43. The summed E-state index contributed by atoms with van der Waals surface area (Å²) in [6.07, 6.45) is 0. The van der Waals surface area contributed by atoms with Crippen LogP contribution in [0.25, 0.3) is 10.8 Å². The lowest BCUT2D eigenvalue weighted by molar-refractivity contribution is 0.626. The molecule has 0 saturated heterocycles. The van der Waals surface area contributed by atoms with Crippen LogP contribution in [0, 0.1) is 9.39 Å². The molecule has 0 aromatic heterocycles. The van der Waals surface area contributed by atoms with E-state index in [4.69, 9.17) is 0 Å². The van der Waals surface area contributed by atoms with Crippen molar-refractivity contribution in [2.75, 3.05) is 0 Å². The molecule has 3 rings (SSSR count). The minimum absolute atomic E-state index is 0.0566. The summed E-state index contributed by atoms with van der Waals surface area (Å²) >= 11 is 5.95. The summed E-state index contributed by atoms with van der Waals surface area (Å²) < 4.78 is 14.2. The molecule has 0 aliphatic heterocycles. The second-order valence-corrected chi connectivity index (χ2v) is 6.67. The van der Waals surface area contributed by atoms with E-state index >= 15 is 0 Å². The number of rotatable bonds is 2. The Labute approximate surface area is 139 Å². The Hall–Kier alpha value is -0.940. The first-order valence-electron chi connectivity index (χ1n) is 6.23. The third kappa shape index (κ3) is 2.61. The van der Waals surface area contributed by atoms with Gasteiger partial charge in [0.1, 0.15) is 5.82 Å². The highest BCUT2D eigenvalue weighted by atomic mass is 127. The predicted molar refractivity (Wildman–Crippen MR) is 93.8 cm³/mol. The average Bonchev–Trinajstić information content (AvgIpc) is 2.46. The van der Waals surface area contributed by atoms with Gasteiger partial charge in [-0.05, 0) is 56.6 Å². The van der Waals surface area contributed by atoms with E-state index in [0.717, 1.165) is 9.13 Å². The third-order valence-electron chi connectivity index (χ3n) is 3.33. The summed E-state index contributed by atoms with van der Waals surface area (Å²) in [4.78, 5) is 0.0566. The minimum atomic E-state index is -0.198. The molecule has 0 radical (unpaired) electrons. The van der Waals surface area contributed by atoms with Gasteiger partial charge in [-0.1, -0.05) is 64.5 Å². The first kappa shape index (κ1) is 14.0. The van der Waals surface area contributed by atoms with E-state index in [9.17, 15) is 4.39 Å². The summed E-state index contributed by atoms with van der Waals surface area (Å²) in [7, 11) is 0. The van der Waals surface area contributed by atoms with E-state index in [1.165, 1.54) is 22.4 Å². The van der Waals surface area contributed by atoms with Gasteiger partial charge in [-0.3, -0.25) is 0 Å². The highest BCUT2D eigenvalue weighted by molar-refractivity contribution is 14.1. The summed E-state index contributed by atoms with van der Waals surface area (Å²) in [6, 6.07) is 19.5. The van der Waals surface area contributed by atoms with Crippen LogP contribution in [0.4, 0.5) is 4.39 Å². The second kappa shape index (κ2) is 5.82. The predicted octanol–water partition coefficient (Wildman–Crippen LogP) is 6.07. The summed E-state index contributed by atoms with van der Waals surface area (Å²) in [6.45, 7) is 0. The fourth-order valence-electron chi connectivity index (χ4n) is 2.35. The van der Waals surface area contributed by atoms with Crippen molar-refractivity contribution >= 4 is 49.3 Å². The van der Waals surface area contributed by atoms with Crippen LogP contribution in [-0.2, 0) is 0 Å². The van der Waals surface area contributed by atoms with Gasteiger partial charge in [0.25, 0.3) is 0 Å². The number of hydrogen-bond donors (Lipinski definition) is 0. The molecule has 20 heavy (non-hydrogen) atoms. The summed E-state index contributed by atoms with van der Waals surface area (Å²) in [5.41, 5.74) is 2.29. The van der Waals surface area contributed by atoms with Crippen molar-refractivity contribution < 1.29 is 4.39 Å². The second-order valence-electron chi connectivity index (χ2n) is 4.60. The molecule has 0 N–H and O–H groups in total. The molecule has 3 heteroatoms. The molecule has 0 amide bonds. The molecule has 0 fully saturated rings. The molecule has 3 aromatic rings. The maximum absolute atomic E-state index is 13.2. The zero-order valence-corrected chi connectivity index (χ0v) is 14.2. The Balaban J connectivity index is 2.15. The van der Waals surface area contributed by atoms with Gasteiger partial charge in [0.2, 0.25) is 0 Å². The van der Waals surface area contributed by atoms with E-state index in [0.29, 0.717) is 0 Å². The SMILES string of the molecule is Fc1ccc(C(Br)c2cccc3ccccc23)c(I)c1. The highest BCUT2D eigenvalue weighted by Gasteiger charge is 2.16. The maximum atomic E-state index is 13.2. The molecule has 0 aliphatic carbocycles. The Morgan fingerprint density at radius 1 is 0.900 bits per heavy atom. The van der Waals surface area contributed by atoms with E-state index < -0.39 is 0 Å². The lowest BCUT2D eigenvalue weighted by Crippen LogP contribution is -1.97. The van der Waals surface area contributed by atoms with Gasteiger partial charge < -0.3 is 0 Å². The largest absolute Gasteiger partial charge is 0.207 e. The fraction of sp³-hybridized carbons (Fsp3) is 0.0588. The van der Waals surface area contributed by atoms with Crippen LogP contribution in [0.1, 0.15) is 16.0 Å². The Morgan fingerprint density at radius 3 is 2.45 bits per heavy atom. The van der Waals surface area contributed by atoms with Crippen molar-refractivity contribution in [1.82, 2.24) is 0 Å². The zero-order chi connectivity index (χ0) is 14.1. The zero-order valence-electron chi connectivity index (χ0n) is 10.5. The maximum Gasteiger partial charge on any atom is 0.124 e. The fourth-order valence-corrected chi connectivity index (χ4v) is 4.36. The normalized spacial score (nSPS) is 12.6. The summed E-state index contributed by atoms with van der Waals surface area (Å²) in [5.74, 6) is -0.198. The van der Waals surface area contributed by atoms with Crippen molar-refractivity contribution in [3.63, 3.8) is 0 Å². The van der Waals surface area contributed by atoms with Crippen LogP contribution in [0.3, 0.4) is 0 Å². The highest BCUT2D eigenvalue weighted by Crippen LogP contribution is 2.37. The van der Waals surface area contributed by atoms with E-state index in [1.54, 1.807) is 6.07 Å². The van der Waals surface area contributed by atoms with E-state index in [1.807, 2.05) is 18.2 Å². The molecule has 0 bridgehead atoms. The molecule has 0 spiro atoms. The molecule has 0 heterocycles. The van der Waals surface area contributed by atoms with Crippen LogP contribution in [0.2, 0.25) is 0 Å². The monoisotopic (exact) mass is 440 g/mol. The Bertz CT molecular complexity index is 765. The molecule has 0 aliphatic rings. The van der Waals surface area contributed by atoms with Crippen molar-refractivity contribution in [3.8, 4) is 0 Å². The van der Waals surface area contributed by atoms with Crippen molar-refractivity contribution in [1.29, 1.82) is 0 Å². The van der Waals surface area contributed by atoms with Crippen LogP contribution in [-0.4, -0.2) is 0 Å². The van der Waals surface area contributed by atoms with Crippen LogP contribution in [0.5, 0.6) is 0 Å². The van der Waals surface area contributed by atoms with Crippen molar-refractivity contribution in [3.05, 3.63) is 81.2 Å². The smallest absolute Gasteiger partial charge is 0.124 e. The van der Waals surface area contributed by atoms with Crippen LogP contribution >= 0.6 is 38.5 Å². The molecule has 1 atom stereocenters. The lowest BCUT2D eigenvalue weighted by atomic mass is 9.98. The number of alkyl halides is 1. The third-order valence-corrected chi connectivity index (χ3v) is 5.25. The molecule has 0 nitrogen and oxygen atoms in total. The quantitative estimate of drug-likeness (QED) is 0.335. The van der Waals surface area contributed by atoms with Gasteiger partial charge in [-0.15, -0.1) is 0 Å². The molecular formula is C17H11BrFI. The minimum Gasteiger partial charge on any atom is -0.207 e. The van der Waals surface area contributed by atoms with E-state index in [-0.39, 0.29) is 10.6 Å². The number of halogens is 3. The standard InChI is InChI=1S/C17H11BrFI/c18-17(15-9-8-12(19)10-16(15)20)14-7-3-5-11-4-1-2-6-13(11)14/h1-10,17H. The molecule has 100 valence electrons. The van der Waals surface area contributed by atoms with Gasteiger partial charge in [-0.25, -0.2) is 4.39 Å². The lowest BCUT2D eigenvalue weighted by Gasteiger charge is -2.15. The van der Waals surface area contributed by atoms with Gasteiger partial charge in [0.15, 0.2) is 0 Å². The molecule has 3 aromatic carbocycles. The van der Waals surface area contributed by atoms with Gasteiger partial charge >= 0.3 is 0 Å². The van der Waals surface area contributed by atoms with E-state index in [2.05, 4.69) is 68.9 Å². The molecular weight excluding hydrogens is 430 g/mol. The number of benzene rings is 3. The van der Waals surface area contributed by atoms with Crippen LogP contribution in [0.15, 0.2) is 60.7 Å². The van der Waals surface area contributed by atoms with Crippen LogP contribution < -0.4 is 0 Å². The first-order valence-corrected chi connectivity index (χ1v) is 8.23. The molecule has 0 saturated carbocycles. The molecule has 1 unspecified atom stereocenters. The Kier molecular flexibility index (Phi) is 4.08. The number of hydrogen-bond acceptors (Lipinski definition) is 0. The van der Waals surface area contributed by atoms with Gasteiger partial charge in [-0.2, -0.15) is 0 Å². The van der Waals surface area contributed by atoms with Gasteiger partial charge in [0.05, 0.1) is 4.83 Å². The average molecular weight is 441 g/mol. The Morgan fingerprint density at radius 2 is 1.65 bits per heavy atom. The number of fused-ring (bicyclic) bond motifs is 1. The van der Waals surface area contributed by atoms with Crippen molar-refractivity contribution in [2.24, 2.45) is 0 Å². The van der Waals surface area contributed by atoms with Gasteiger partial charge in [0, 0.05) is 3.57 Å².